The summed E-state index contributed by atoms with van der Waals surface area (Å²) in [5.41, 5.74) is 6.57. The number of amides is 3. The van der Waals surface area contributed by atoms with Crippen molar-refractivity contribution in [2.75, 3.05) is 18.4 Å². The first-order valence-electron chi connectivity index (χ1n) is 8.44. The van der Waals surface area contributed by atoms with E-state index >= 15 is 0 Å². The summed E-state index contributed by atoms with van der Waals surface area (Å²) in [5.74, 6) is -0.00492. The van der Waals surface area contributed by atoms with Gasteiger partial charge in [0.05, 0.1) is 6.04 Å². The zero-order chi connectivity index (χ0) is 17.7. The van der Waals surface area contributed by atoms with Crippen LogP contribution in [0.4, 0.5) is 10.5 Å². The fourth-order valence-electron chi connectivity index (χ4n) is 2.69. The number of benzene rings is 1. The lowest BCUT2D eigenvalue weighted by Crippen LogP contribution is -2.54. The van der Waals surface area contributed by atoms with Crippen LogP contribution in [0.15, 0.2) is 30.3 Å². The normalized spacial score (nSPS) is 16.6. The second-order valence-electron chi connectivity index (χ2n) is 7.41. The number of hydrogen-bond acceptors (Lipinski definition) is 3. The number of rotatable bonds is 3. The Kier molecular flexibility index (Phi) is 7.70. The third-order valence-corrected chi connectivity index (χ3v) is 4.37. The molecule has 0 aromatic heterocycles. The summed E-state index contributed by atoms with van der Waals surface area (Å²) in [5, 5.41) is 5.78. The number of urea groups is 1. The highest BCUT2D eigenvalue weighted by atomic mass is 35.5. The van der Waals surface area contributed by atoms with E-state index in [4.69, 9.17) is 5.73 Å². The minimum Gasteiger partial charge on any atom is -0.341 e. The highest BCUT2D eigenvalue weighted by Crippen LogP contribution is 2.21. The van der Waals surface area contributed by atoms with Crippen LogP contribution in [0, 0.1) is 5.41 Å². The molecule has 1 aromatic carbocycles. The molecule has 0 spiro atoms. The van der Waals surface area contributed by atoms with Crippen LogP contribution in [0.1, 0.15) is 33.6 Å². The SMILES string of the molecule is CC(C)(C)[C@H](N)C(=O)N1CCC(NC(=O)Nc2ccccc2)CC1.Cl. The molecule has 4 N–H and O–H groups in total. The van der Waals surface area contributed by atoms with Crippen molar-refractivity contribution in [3.63, 3.8) is 0 Å². The Labute approximate surface area is 155 Å². The van der Waals surface area contributed by atoms with Crippen LogP contribution in [0.2, 0.25) is 0 Å². The molecular weight excluding hydrogens is 340 g/mol. The van der Waals surface area contributed by atoms with Crippen molar-refractivity contribution in [2.45, 2.75) is 45.7 Å². The summed E-state index contributed by atoms with van der Waals surface area (Å²) in [4.78, 5) is 26.2. The molecule has 0 radical (unpaired) electrons. The van der Waals surface area contributed by atoms with Gasteiger partial charge in [0.25, 0.3) is 0 Å². The Morgan fingerprint density at radius 2 is 1.72 bits per heavy atom. The minimum absolute atomic E-state index is 0. The first kappa shape index (κ1) is 21.3. The largest absolute Gasteiger partial charge is 0.341 e. The van der Waals surface area contributed by atoms with Gasteiger partial charge < -0.3 is 21.3 Å². The van der Waals surface area contributed by atoms with Gasteiger partial charge in [-0.05, 0) is 30.4 Å². The van der Waals surface area contributed by atoms with E-state index in [0.29, 0.717) is 13.1 Å². The van der Waals surface area contributed by atoms with Crippen molar-refractivity contribution in [3.8, 4) is 0 Å². The van der Waals surface area contributed by atoms with E-state index in [1.807, 2.05) is 56.0 Å². The molecule has 1 fully saturated rings. The molecule has 1 aliphatic heterocycles. The monoisotopic (exact) mass is 368 g/mol. The minimum atomic E-state index is -0.497. The van der Waals surface area contributed by atoms with Gasteiger partial charge in [-0.1, -0.05) is 39.0 Å². The number of hydrogen-bond donors (Lipinski definition) is 3. The molecule has 7 heteroatoms. The lowest BCUT2D eigenvalue weighted by molar-refractivity contribution is -0.136. The average Bonchev–Trinajstić information content (AvgIpc) is 2.54. The zero-order valence-corrected chi connectivity index (χ0v) is 15.9. The Morgan fingerprint density at radius 1 is 1.16 bits per heavy atom. The van der Waals surface area contributed by atoms with Gasteiger partial charge in [0.1, 0.15) is 0 Å². The van der Waals surface area contributed by atoms with Crippen molar-refractivity contribution in [2.24, 2.45) is 11.1 Å². The number of likely N-dealkylation sites (tertiary alicyclic amines) is 1. The first-order valence-corrected chi connectivity index (χ1v) is 8.44. The molecule has 0 aliphatic carbocycles. The number of nitrogens with two attached hydrogens (primary N) is 1. The maximum absolute atomic E-state index is 12.4. The number of para-hydroxylation sites is 1. The molecule has 3 amide bonds. The molecule has 1 atom stereocenters. The lowest BCUT2D eigenvalue weighted by atomic mass is 9.86. The summed E-state index contributed by atoms with van der Waals surface area (Å²) in [7, 11) is 0. The van der Waals surface area contributed by atoms with Gasteiger partial charge in [0.15, 0.2) is 0 Å². The molecule has 140 valence electrons. The number of anilines is 1. The Bertz CT molecular complexity index is 566. The summed E-state index contributed by atoms with van der Waals surface area (Å²) >= 11 is 0. The summed E-state index contributed by atoms with van der Waals surface area (Å²) < 4.78 is 0. The van der Waals surface area contributed by atoms with E-state index in [-0.39, 0.29) is 35.8 Å². The fourth-order valence-corrected chi connectivity index (χ4v) is 2.69. The van der Waals surface area contributed by atoms with Crippen LogP contribution in [0.3, 0.4) is 0 Å². The smallest absolute Gasteiger partial charge is 0.319 e. The maximum atomic E-state index is 12.4. The lowest BCUT2D eigenvalue weighted by Gasteiger charge is -2.36. The van der Waals surface area contributed by atoms with Gasteiger partial charge in [-0.2, -0.15) is 0 Å². The molecular formula is C18H29ClN4O2. The van der Waals surface area contributed by atoms with Crippen molar-refractivity contribution in [3.05, 3.63) is 30.3 Å². The Hall–Kier alpha value is -1.79. The van der Waals surface area contributed by atoms with Crippen LogP contribution in [0.25, 0.3) is 0 Å². The predicted molar refractivity (Wildman–Crippen MR) is 103 cm³/mol. The summed E-state index contributed by atoms with van der Waals surface area (Å²) in [6.45, 7) is 7.16. The summed E-state index contributed by atoms with van der Waals surface area (Å²) in [6, 6.07) is 8.70. The van der Waals surface area contributed by atoms with E-state index in [1.54, 1.807) is 0 Å². The molecule has 0 bridgehead atoms. The molecule has 0 saturated carbocycles. The number of nitrogens with one attached hydrogen (secondary N) is 2. The first-order chi connectivity index (χ1) is 11.3. The number of carbonyl (C=O) groups is 2. The third-order valence-electron chi connectivity index (χ3n) is 4.37. The topological polar surface area (TPSA) is 87.5 Å². The number of piperidine rings is 1. The molecule has 1 saturated heterocycles. The van der Waals surface area contributed by atoms with Gasteiger partial charge in [-0.15, -0.1) is 12.4 Å². The van der Waals surface area contributed by atoms with E-state index in [2.05, 4.69) is 10.6 Å². The standard InChI is InChI=1S/C18H28N4O2.ClH/c1-18(2,3)15(19)16(23)22-11-9-14(10-12-22)21-17(24)20-13-7-5-4-6-8-13;/h4-8,14-15H,9-12,19H2,1-3H3,(H2,20,21,24);1H/t15-;/m1./s1. The molecule has 2 rings (SSSR count). The molecule has 0 unspecified atom stereocenters. The average molecular weight is 369 g/mol. The van der Waals surface area contributed by atoms with Gasteiger partial charge in [0.2, 0.25) is 5.91 Å². The zero-order valence-electron chi connectivity index (χ0n) is 15.1. The van der Waals surface area contributed by atoms with E-state index < -0.39 is 6.04 Å². The second kappa shape index (κ2) is 9.06. The van der Waals surface area contributed by atoms with E-state index in [0.717, 1.165) is 18.5 Å². The van der Waals surface area contributed by atoms with Crippen molar-refractivity contribution in [1.82, 2.24) is 10.2 Å². The van der Waals surface area contributed by atoms with Crippen molar-refractivity contribution < 1.29 is 9.59 Å². The predicted octanol–water partition coefficient (Wildman–Crippen LogP) is 2.59. The molecule has 1 aliphatic rings. The second-order valence-corrected chi connectivity index (χ2v) is 7.41. The maximum Gasteiger partial charge on any atom is 0.319 e. The van der Waals surface area contributed by atoms with E-state index in [1.165, 1.54) is 0 Å². The number of carbonyl (C=O) groups excluding carboxylic acids is 2. The number of halogens is 1. The highest BCUT2D eigenvalue weighted by Gasteiger charge is 2.33. The van der Waals surface area contributed by atoms with Crippen LogP contribution in [0.5, 0.6) is 0 Å². The Morgan fingerprint density at radius 3 is 2.24 bits per heavy atom. The molecule has 25 heavy (non-hydrogen) atoms. The van der Waals surface area contributed by atoms with Crippen LogP contribution < -0.4 is 16.4 Å². The molecule has 1 aromatic rings. The molecule has 6 nitrogen and oxygen atoms in total. The quantitative estimate of drug-likeness (QED) is 0.766. The van der Waals surface area contributed by atoms with Gasteiger partial charge in [-0.3, -0.25) is 4.79 Å². The van der Waals surface area contributed by atoms with Crippen molar-refractivity contribution in [1.29, 1.82) is 0 Å². The van der Waals surface area contributed by atoms with Crippen LogP contribution >= 0.6 is 12.4 Å². The molecule has 1 heterocycles. The third kappa shape index (κ3) is 6.21. The fraction of sp³-hybridized carbons (Fsp3) is 0.556. The van der Waals surface area contributed by atoms with E-state index in [9.17, 15) is 9.59 Å². The summed E-state index contributed by atoms with van der Waals surface area (Å²) in [6.07, 6.45) is 1.48. The van der Waals surface area contributed by atoms with Crippen LogP contribution in [-0.2, 0) is 4.79 Å². The van der Waals surface area contributed by atoms with Crippen LogP contribution in [-0.4, -0.2) is 42.0 Å². The number of nitrogens with zero attached hydrogens (tertiary/aromatic N) is 1. The van der Waals surface area contributed by atoms with Crippen molar-refractivity contribution >= 4 is 30.0 Å². The Balaban J connectivity index is 0.00000312. The van der Waals surface area contributed by atoms with Gasteiger partial charge in [-0.25, -0.2) is 4.79 Å². The van der Waals surface area contributed by atoms with Gasteiger partial charge in [0, 0.05) is 24.8 Å². The highest BCUT2D eigenvalue weighted by molar-refractivity contribution is 5.89. The van der Waals surface area contributed by atoms with Gasteiger partial charge >= 0.3 is 6.03 Å².